The minimum absolute atomic E-state index is 0.324. The van der Waals surface area contributed by atoms with Crippen LogP contribution < -0.4 is 5.59 Å². The first-order chi connectivity index (χ1) is 8.27. The van der Waals surface area contributed by atoms with Crippen molar-refractivity contribution in [1.29, 1.82) is 0 Å². The molecule has 18 heavy (non-hydrogen) atoms. The van der Waals surface area contributed by atoms with Crippen molar-refractivity contribution in [2.24, 2.45) is 0 Å². The molecule has 1 aliphatic rings. The van der Waals surface area contributed by atoms with Crippen molar-refractivity contribution in [3.63, 3.8) is 0 Å². The van der Waals surface area contributed by atoms with Gasteiger partial charge in [0.1, 0.15) is 4.60 Å². The molecule has 0 N–H and O–H groups in total. The summed E-state index contributed by atoms with van der Waals surface area (Å²) in [6, 6.07) is 4.04. The molecule has 0 spiro atoms. The number of rotatable bonds is 2. The summed E-state index contributed by atoms with van der Waals surface area (Å²) in [5.74, 6) is 0. The van der Waals surface area contributed by atoms with E-state index in [4.69, 9.17) is 9.31 Å². The van der Waals surface area contributed by atoms with Gasteiger partial charge in [-0.3, -0.25) is 0 Å². The Hall–Kier alpha value is -0.385. The maximum Gasteiger partial charge on any atom is 0.514 e. The van der Waals surface area contributed by atoms with Crippen molar-refractivity contribution in [2.75, 3.05) is 0 Å². The molecule has 1 saturated heterocycles. The Morgan fingerprint density at radius 2 is 1.72 bits per heavy atom. The van der Waals surface area contributed by atoms with Gasteiger partial charge in [-0.1, -0.05) is 13.0 Å². The van der Waals surface area contributed by atoms with E-state index in [2.05, 4.69) is 33.9 Å². The average Bonchev–Trinajstić information content (AvgIpc) is 2.48. The lowest BCUT2D eigenvalue weighted by atomic mass is 9.84. The van der Waals surface area contributed by atoms with Crippen LogP contribution in [0.5, 0.6) is 0 Å². The second kappa shape index (κ2) is 4.62. The normalized spacial score (nSPS) is 21.3. The molecule has 5 heteroatoms. The summed E-state index contributed by atoms with van der Waals surface area (Å²) in [5, 5.41) is 0. The van der Waals surface area contributed by atoms with Crippen LogP contribution >= 0.6 is 15.9 Å². The Kier molecular flexibility index (Phi) is 3.60. The molecule has 1 aliphatic heterocycles. The minimum atomic E-state index is -0.391. The summed E-state index contributed by atoms with van der Waals surface area (Å²) in [5.41, 5.74) is 1.36. The number of aromatic nitrogens is 1. The van der Waals surface area contributed by atoms with Gasteiger partial charge >= 0.3 is 7.12 Å². The summed E-state index contributed by atoms with van der Waals surface area (Å²) in [4.78, 5) is 4.52. The van der Waals surface area contributed by atoms with Crippen molar-refractivity contribution >= 4 is 28.6 Å². The van der Waals surface area contributed by atoms with Crippen molar-refractivity contribution in [3.8, 4) is 0 Å². The second-order valence-corrected chi connectivity index (χ2v) is 6.38. The van der Waals surface area contributed by atoms with Gasteiger partial charge in [0, 0.05) is 0 Å². The third kappa shape index (κ3) is 2.36. The first kappa shape index (κ1) is 14.0. The zero-order valence-corrected chi connectivity index (χ0v) is 13.2. The smallest absolute Gasteiger partial charge is 0.398 e. The van der Waals surface area contributed by atoms with E-state index in [0.29, 0.717) is 0 Å². The van der Waals surface area contributed by atoms with Gasteiger partial charge in [0.15, 0.2) is 0 Å². The van der Waals surface area contributed by atoms with Crippen LogP contribution in [0, 0.1) is 0 Å². The van der Waals surface area contributed by atoms with Crippen LogP contribution in [-0.4, -0.2) is 23.3 Å². The molecule has 0 unspecified atom stereocenters. The summed E-state index contributed by atoms with van der Waals surface area (Å²) >= 11 is 3.49. The maximum atomic E-state index is 5.97. The molecule has 0 amide bonds. The van der Waals surface area contributed by atoms with E-state index in [0.717, 1.165) is 16.6 Å². The number of hydrogen-bond donors (Lipinski definition) is 0. The van der Waals surface area contributed by atoms with Crippen LogP contribution in [0.2, 0.25) is 0 Å². The lowest BCUT2D eigenvalue weighted by Crippen LogP contribution is -2.41. The lowest BCUT2D eigenvalue weighted by molar-refractivity contribution is 0.00578. The SMILES string of the molecule is CCc1ccc(B2OC(C)(C)C(C)(C)O2)nc1Br. The molecule has 0 radical (unpaired) electrons. The molecule has 1 fully saturated rings. The monoisotopic (exact) mass is 311 g/mol. The number of pyridine rings is 1. The third-order valence-electron chi connectivity index (χ3n) is 3.82. The van der Waals surface area contributed by atoms with Crippen LogP contribution in [0.25, 0.3) is 0 Å². The Morgan fingerprint density at radius 3 is 2.17 bits per heavy atom. The van der Waals surface area contributed by atoms with Gasteiger partial charge in [-0.15, -0.1) is 0 Å². The van der Waals surface area contributed by atoms with Gasteiger partial charge in [0.05, 0.1) is 16.8 Å². The predicted molar refractivity (Wildman–Crippen MR) is 77.0 cm³/mol. The zero-order chi connectivity index (χ0) is 13.6. The van der Waals surface area contributed by atoms with Gasteiger partial charge in [-0.2, -0.15) is 0 Å². The number of hydrogen-bond acceptors (Lipinski definition) is 3. The molecular weight excluding hydrogens is 293 g/mol. The van der Waals surface area contributed by atoms with E-state index in [-0.39, 0.29) is 11.2 Å². The van der Waals surface area contributed by atoms with Crippen LogP contribution in [-0.2, 0) is 15.7 Å². The molecule has 2 heterocycles. The molecular formula is C13H19BBrNO2. The molecule has 3 nitrogen and oxygen atoms in total. The van der Waals surface area contributed by atoms with Gasteiger partial charge in [-0.05, 0) is 61.7 Å². The predicted octanol–water partition coefficient (Wildman–Crippen LogP) is 2.71. The minimum Gasteiger partial charge on any atom is -0.398 e. The van der Waals surface area contributed by atoms with Crippen LogP contribution in [0.1, 0.15) is 40.2 Å². The van der Waals surface area contributed by atoms with Crippen LogP contribution in [0.3, 0.4) is 0 Å². The Balaban J connectivity index is 2.27. The maximum absolute atomic E-state index is 5.97. The molecule has 1 aromatic heterocycles. The van der Waals surface area contributed by atoms with E-state index < -0.39 is 7.12 Å². The lowest BCUT2D eigenvalue weighted by Gasteiger charge is -2.32. The molecule has 0 saturated carbocycles. The second-order valence-electron chi connectivity index (χ2n) is 5.63. The first-order valence-corrected chi connectivity index (χ1v) is 7.07. The summed E-state index contributed by atoms with van der Waals surface area (Å²) in [7, 11) is -0.391. The van der Waals surface area contributed by atoms with E-state index in [1.165, 1.54) is 5.56 Å². The standard InChI is InChI=1S/C13H19BBrNO2/c1-6-9-7-8-10(16-11(9)15)14-17-12(2,3)13(4,5)18-14/h7-8H,6H2,1-5H3. The molecule has 0 bridgehead atoms. The first-order valence-electron chi connectivity index (χ1n) is 6.28. The Labute approximate surface area is 118 Å². The van der Waals surface area contributed by atoms with Gasteiger partial charge in [-0.25, -0.2) is 4.98 Å². The fourth-order valence-electron chi connectivity index (χ4n) is 1.84. The summed E-state index contributed by atoms with van der Waals surface area (Å²) in [6.07, 6.45) is 0.956. The quantitative estimate of drug-likeness (QED) is 0.621. The van der Waals surface area contributed by atoms with Gasteiger partial charge < -0.3 is 9.31 Å². The summed E-state index contributed by atoms with van der Waals surface area (Å²) < 4.78 is 12.8. The molecule has 1 aromatic rings. The largest absolute Gasteiger partial charge is 0.514 e. The van der Waals surface area contributed by atoms with Crippen LogP contribution in [0.15, 0.2) is 16.7 Å². The average molecular weight is 312 g/mol. The molecule has 98 valence electrons. The van der Waals surface area contributed by atoms with Gasteiger partial charge in [0.25, 0.3) is 0 Å². The van der Waals surface area contributed by atoms with E-state index in [1.54, 1.807) is 0 Å². The fraction of sp³-hybridized carbons (Fsp3) is 0.615. The zero-order valence-electron chi connectivity index (χ0n) is 11.6. The molecule has 0 aromatic carbocycles. The highest BCUT2D eigenvalue weighted by molar-refractivity contribution is 9.10. The highest BCUT2D eigenvalue weighted by atomic mass is 79.9. The van der Waals surface area contributed by atoms with Crippen molar-refractivity contribution in [2.45, 2.75) is 52.2 Å². The van der Waals surface area contributed by atoms with Crippen LogP contribution in [0.4, 0.5) is 0 Å². The highest BCUT2D eigenvalue weighted by Crippen LogP contribution is 2.36. The van der Waals surface area contributed by atoms with Crippen molar-refractivity contribution < 1.29 is 9.31 Å². The third-order valence-corrected chi connectivity index (χ3v) is 4.51. The van der Waals surface area contributed by atoms with E-state index in [9.17, 15) is 0 Å². The molecule has 0 aliphatic carbocycles. The Bertz CT molecular complexity index is 446. The van der Waals surface area contributed by atoms with Crippen molar-refractivity contribution in [3.05, 3.63) is 22.3 Å². The topological polar surface area (TPSA) is 31.4 Å². The summed E-state index contributed by atoms with van der Waals surface area (Å²) in [6.45, 7) is 10.3. The Morgan fingerprint density at radius 1 is 1.17 bits per heavy atom. The highest BCUT2D eigenvalue weighted by Gasteiger charge is 2.52. The molecule has 2 rings (SSSR count). The number of aryl methyl sites for hydroxylation is 1. The number of halogens is 1. The fourth-order valence-corrected chi connectivity index (χ4v) is 2.45. The van der Waals surface area contributed by atoms with E-state index in [1.807, 2.05) is 33.8 Å². The van der Waals surface area contributed by atoms with E-state index >= 15 is 0 Å². The van der Waals surface area contributed by atoms with Gasteiger partial charge in [0.2, 0.25) is 0 Å². The number of nitrogens with zero attached hydrogens (tertiary/aromatic N) is 1. The molecule has 0 atom stereocenters. The van der Waals surface area contributed by atoms with Crippen molar-refractivity contribution in [1.82, 2.24) is 4.98 Å².